The Morgan fingerprint density at radius 1 is 1.45 bits per heavy atom. The number of nitrogen functional groups attached to an aromatic ring is 1. The zero-order valence-electron chi connectivity index (χ0n) is 12.9. The van der Waals surface area contributed by atoms with Crippen molar-refractivity contribution in [1.29, 1.82) is 0 Å². The van der Waals surface area contributed by atoms with Gasteiger partial charge in [0.2, 0.25) is 5.88 Å². The van der Waals surface area contributed by atoms with Gasteiger partial charge in [0.05, 0.1) is 12.3 Å². The maximum atomic E-state index is 5.94. The molecule has 1 aliphatic rings. The molecule has 0 spiro atoms. The summed E-state index contributed by atoms with van der Waals surface area (Å²) < 4.78 is 5.71. The lowest BCUT2D eigenvalue weighted by Gasteiger charge is -2.19. The number of aromatic nitrogens is 1. The standard InChI is InChI=1S/C16H27N3O/c1-4-5-13-8-9-19(10-13)15-7-6-14(17)16(18-15)20-11-12(2)3/h6-7,12-13H,4-5,8-11,17H2,1-3H3. The van der Waals surface area contributed by atoms with Gasteiger partial charge in [-0.15, -0.1) is 0 Å². The highest BCUT2D eigenvalue weighted by Gasteiger charge is 2.23. The van der Waals surface area contributed by atoms with Crippen molar-refractivity contribution in [2.75, 3.05) is 30.3 Å². The summed E-state index contributed by atoms with van der Waals surface area (Å²) >= 11 is 0. The molecule has 1 saturated heterocycles. The fourth-order valence-electron chi connectivity index (χ4n) is 2.66. The van der Waals surface area contributed by atoms with Gasteiger partial charge in [0.1, 0.15) is 5.82 Å². The molecule has 1 atom stereocenters. The fraction of sp³-hybridized carbons (Fsp3) is 0.688. The van der Waals surface area contributed by atoms with Crippen LogP contribution in [0.1, 0.15) is 40.0 Å². The van der Waals surface area contributed by atoms with Crippen LogP contribution in [-0.4, -0.2) is 24.7 Å². The summed E-state index contributed by atoms with van der Waals surface area (Å²) in [4.78, 5) is 6.95. The van der Waals surface area contributed by atoms with Gasteiger partial charge in [-0.1, -0.05) is 27.2 Å². The molecule has 1 aromatic heterocycles. The molecule has 2 N–H and O–H groups in total. The molecule has 20 heavy (non-hydrogen) atoms. The Hall–Kier alpha value is -1.45. The van der Waals surface area contributed by atoms with E-state index in [9.17, 15) is 0 Å². The molecule has 2 heterocycles. The van der Waals surface area contributed by atoms with Gasteiger partial charge < -0.3 is 15.4 Å². The predicted octanol–water partition coefficient (Wildman–Crippen LogP) is 3.33. The first-order valence-corrected chi connectivity index (χ1v) is 7.74. The summed E-state index contributed by atoms with van der Waals surface area (Å²) in [6.07, 6.45) is 3.83. The Morgan fingerprint density at radius 2 is 2.25 bits per heavy atom. The summed E-state index contributed by atoms with van der Waals surface area (Å²) in [5, 5.41) is 0. The van der Waals surface area contributed by atoms with Crippen LogP contribution in [0.2, 0.25) is 0 Å². The van der Waals surface area contributed by atoms with Crippen LogP contribution in [0.25, 0.3) is 0 Å². The monoisotopic (exact) mass is 277 g/mol. The first-order valence-electron chi connectivity index (χ1n) is 7.74. The van der Waals surface area contributed by atoms with Crippen LogP contribution in [0.5, 0.6) is 5.88 Å². The minimum atomic E-state index is 0.473. The highest BCUT2D eigenvalue weighted by molar-refractivity contribution is 5.54. The Morgan fingerprint density at radius 3 is 2.95 bits per heavy atom. The van der Waals surface area contributed by atoms with Crippen molar-refractivity contribution in [2.45, 2.75) is 40.0 Å². The third kappa shape index (κ3) is 3.78. The van der Waals surface area contributed by atoms with Gasteiger partial charge in [-0.3, -0.25) is 0 Å². The van der Waals surface area contributed by atoms with E-state index in [2.05, 4.69) is 30.7 Å². The van der Waals surface area contributed by atoms with Gasteiger partial charge >= 0.3 is 0 Å². The molecule has 112 valence electrons. The summed E-state index contributed by atoms with van der Waals surface area (Å²) in [6, 6.07) is 3.91. The molecular formula is C16H27N3O. The second-order valence-electron chi connectivity index (χ2n) is 6.16. The van der Waals surface area contributed by atoms with E-state index in [-0.39, 0.29) is 0 Å². The lowest BCUT2D eigenvalue weighted by Crippen LogP contribution is -2.21. The second kappa shape index (κ2) is 6.82. The lowest BCUT2D eigenvalue weighted by molar-refractivity contribution is 0.263. The van der Waals surface area contributed by atoms with E-state index < -0.39 is 0 Å². The molecule has 0 radical (unpaired) electrons. The van der Waals surface area contributed by atoms with Gasteiger partial charge in [-0.2, -0.15) is 4.98 Å². The van der Waals surface area contributed by atoms with Crippen molar-refractivity contribution in [3.05, 3.63) is 12.1 Å². The number of nitrogens with zero attached hydrogens (tertiary/aromatic N) is 2. The molecule has 4 heteroatoms. The van der Waals surface area contributed by atoms with E-state index in [1.807, 2.05) is 12.1 Å². The zero-order valence-corrected chi connectivity index (χ0v) is 12.9. The van der Waals surface area contributed by atoms with Gasteiger partial charge in [-0.25, -0.2) is 0 Å². The highest BCUT2D eigenvalue weighted by atomic mass is 16.5. The van der Waals surface area contributed by atoms with Crippen LogP contribution in [-0.2, 0) is 0 Å². The molecule has 0 aromatic carbocycles. The molecule has 1 fully saturated rings. The largest absolute Gasteiger partial charge is 0.476 e. The number of hydrogen-bond acceptors (Lipinski definition) is 4. The van der Waals surface area contributed by atoms with E-state index in [4.69, 9.17) is 10.5 Å². The summed E-state index contributed by atoms with van der Waals surface area (Å²) in [5.41, 5.74) is 6.57. The van der Waals surface area contributed by atoms with Crippen LogP contribution in [0, 0.1) is 11.8 Å². The van der Waals surface area contributed by atoms with E-state index >= 15 is 0 Å². The first-order chi connectivity index (χ1) is 9.60. The number of pyridine rings is 1. The second-order valence-corrected chi connectivity index (χ2v) is 6.16. The van der Waals surface area contributed by atoms with Crippen molar-refractivity contribution in [3.8, 4) is 5.88 Å². The number of rotatable bonds is 6. The van der Waals surface area contributed by atoms with Gasteiger partial charge in [0.25, 0.3) is 0 Å². The summed E-state index contributed by atoms with van der Waals surface area (Å²) in [7, 11) is 0. The maximum Gasteiger partial charge on any atom is 0.239 e. The Balaban J connectivity index is 2.03. The van der Waals surface area contributed by atoms with Crippen molar-refractivity contribution >= 4 is 11.5 Å². The van der Waals surface area contributed by atoms with Crippen LogP contribution in [0.4, 0.5) is 11.5 Å². The molecule has 0 saturated carbocycles. The molecule has 1 unspecified atom stereocenters. The quantitative estimate of drug-likeness (QED) is 0.866. The summed E-state index contributed by atoms with van der Waals surface area (Å²) in [5.74, 6) is 2.85. The van der Waals surface area contributed by atoms with Crippen molar-refractivity contribution < 1.29 is 4.74 Å². The normalized spacial score (nSPS) is 18.8. The highest BCUT2D eigenvalue weighted by Crippen LogP contribution is 2.28. The Kier molecular flexibility index (Phi) is 5.10. The molecule has 4 nitrogen and oxygen atoms in total. The predicted molar refractivity (Wildman–Crippen MR) is 84.2 cm³/mol. The van der Waals surface area contributed by atoms with Crippen LogP contribution in [0.15, 0.2) is 12.1 Å². The van der Waals surface area contributed by atoms with Gasteiger partial charge in [0.15, 0.2) is 0 Å². The number of anilines is 2. The minimum absolute atomic E-state index is 0.473. The van der Waals surface area contributed by atoms with E-state index in [0.29, 0.717) is 24.1 Å². The molecule has 2 rings (SSSR count). The average Bonchev–Trinajstić information content (AvgIpc) is 2.87. The third-order valence-electron chi connectivity index (χ3n) is 3.74. The summed E-state index contributed by atoms with van der Waals surface area (Å²) in [6.45, 7) is 9.34. The molecule has 1 aliphatic heterocycles. The van der Waals surface area contributed by atoms with Crippen LogP contribution >= 0.6 is 0 Å². The van der Waals surface area contributed by atoms with Crippen molar-refractivity contribution in [3.63, 3.8) is 0 Å². The zero-order chi connectivity index (χ0) is 14.5. The van der Waals surface area contributed by atoms with Crippen molar-refractivity contribution in [1.82, 2.24) is 4.98 Å². The number of nitrogens with two attached hydrogens (primary N) is 1. The topological polar surface area (TPSA) is 51.4 Å². The maximum absolute atomic E-state index is 5.94. The molecule has 1 aromatic rings. The van der Waals surface area contributed by atoms with E-state index in [1.165, 1.54) is 19.3 Å². The third-order valence-corrected chi connectivity index (χ3v) is 3.74. The lowest BCUT2D eigenvalue weighted by atomic mass is 10.0. The molecule has 0 amide bonds. The van der Waals surface area contributed by atoms with Crippen molar-refractivity contribution in [2.24, 2.45) is 11.8 Å². The smallest absolute Gasteiger partial charge is 0.239 e. The fourth-order valence-corrected chi connectivity index (χ4v) is 2.66. The Labute approximate surface area is 122 Å². The Bertz CT molecular complexity index is 434. The first kappa shape index (κ1) is 14.9. The van der Waals surface area contributed by atoms with Crippen LogP contribution in [0.3, 0.4) is 0 Å². The number of ether oxygens (including phenoxy) is 1. The average molecular weight is 277 g/mol. The van der Waals surface area contributed by atoms with E-state index in [1.54, 1.807) is 0 Å². The van der Waals surface area contributed by atoms with Crippen LogP contribution < -0.4 is 15.4 Å². The molecular weight excluding hydrogens is 250 g/mol. The molecule has 0 bridgehead atoms. The molecule has 0 aliphatic carbocycles. The minimum Gasteiger partial charge on any atom is -0.476 e. The van der Waals surface area contributed by atoms with E-state index in [0.717, 1.165) is 24.8 Å². The SMILES string of the molecule is CCCC1CCN(c2ccc(N)c(OCC(C)C)n2)C1. The van der Waals surface area contributed by atoms with Gasteiger partial charge in [0, 0.05) is 13.1 Å². The van der Waals surface area contributed by atoms with Gasteiger partial charge in [-0.05, 0) is 36.8 Å². The number of hydrogen-bond donors (Lipinski definition) is 1.